The van der Waals surface area contributed by atoms with Crippen LogP contribution in [0.4, 0.5) is 8.78 Å². The molecule has 1 heterocycles. The van der Waals surface area contributed by atoms with Crippen LogP contribution in [0.5, 0.6) is 5.75 Å². The smallest absolute Gasteiger partial charge is 0.272 e. The third-order valence-corrected chi connectivity index (χ3v) is 4.40. The second kappa shape index (κ2) is 10.1. The number of aryl methyl sites for hydroxylation is 2. The minimum Gasteiger partial charge on any atom is -0.487 e. The SMILES string of the molecule is Cc1cc(CNC(=O)c2ccnc(CC(=O)C(C)C)c2)cc(C)c1OCC(F)F. The van der Waals surface area contributed by atoms with Gasteiger partial charge in [0.05, 0.1) is 0 Å². The highest BCUT2D eigenvalue weighted by atomic mass is 19.3. The van der Waals surface area contributed by atoms with Gasteiger partial charge in [-0.2, -0.15) is 0 Å². The molecule has 5 nitrogen and oxygen atoms in total. The van der Waals surface area contributed by atoms with E-state index in [0.29, 0.717) is 17.0 Å². The van der Waals surface area contributed by atoms with Crippen LogP contribution in [0.3, 0.4) is 0 Å². The monoisotopic (exact) mass is 404 g/mol. The molecule has 0 unspecified atom stereocenters. The summed E-state index contributed by atoms with van der Waals surface area (Å²) < 4.78 is 29.9. The van der Waals surface area contributed by atoms with Gasteiger partial charge in [0.1, 0.15) is 18.1 Å². The van der Waals surface area contributed by atoms with Crippen molar-refractivity contribution in [1.82, 2.24) is 10.3 Å². The lowest BCUT2D eigenvalue weighted by Gasteiger charge is -2.14. The van der Waals surface area contributed by atoms with Gasteiger partial charge in [0.15, 0.2) is 0 Å². The van der Waals surface area contributed by atoms with Gasteiger partial charge in [-0.3, -0.25) is 14.6 Å². The molecule has 0 aliphatic heterocycles. The molecule has 0 radical (unpaired) electrons. The van der Waals surface area contributed by atoms with Gasteiger partial charge in [0.2, 0.25) is 0 Å². The van der Waals surface area contributed by atoms with Crippen LogP contribution in [0.25, 0.3) is 0 Å². The molecule has 2 rings (SSSR count). The Balaban J connectivity index is 2.03. The Morgan fingerprint density at radius 3 is 2.38 bits per heavy atom. The lowest BCUT2D eigenvalue weighted by Crippen LogP contribution is -2.23. The number of ketones is 1. The van der Waals surface area contributed by atoms with Crippen LogP contribution in [0.15, 0.2) is 30.5 Å². The van der Waals surface area contributed by atoms with Gasteiger partial charge in [0.25, 0.3) is 12.3 Å². The third kappa shape index (κ3) is 6.62. The van der Waals surface area contributed by atoms with Crippen molar-refractivity contribution in [3.05, 3.63) is 58.4 Å². The minimum atomic E-state index is -2.53. The van der Waals surface area contributed by atoms with Gasteiger partial charge >= 0.3 is 0 Å². The first-order valence-electron chi connectivity index (χ1n) is 9.44. The molecule has 0 aliphatic carbocycles. The fourth-order valence-electron chi connectivity index (χ4n) is 2.90. The summed E-state index contributed by atoms with van der Waals surface area (Å²) in [4.78, 5) is 28.5. The summed E-state index contributed by atoms with van der Waals surface area (Å²) in [6, 6.07) is 6.81. The first-order valence-corrected chi connectivity index (χ1v) is 9.44. The number of rotatable bonds is 9. The quantitative estimate of drug-likeness (QED) is 0.685. The van der Waals surface area contributed by atoms with E-state index < -0.39 is 13.0 Å². The van der Waals surface area contributed by atoms with E-state index in [-0.39, 0.29) is 30.6 Å². The molecule has 2 aromatic rings. The number of nitrogens with zero attached hydrogens (tertiary/aromatic N) is 1. The Kier molecular flexibility index (Phi) is 7.82. The summed E-state index contributed by atoms with van der Waals surface area (Å²) in [5, 5.41) is 2.83. The molecule has 156 valence electrons. The van der Waals surface area contributed by atoms with E-state index in [9.17, 15) is 18.4 Å². The summed E-state index contributed by atoms with van der Waals surface area (Å²) in [6.45, 7) is 6.83. The average molecular weight is 404 g/mol. The number of benzene rings is 1. The lowest BCUT2D eigenvalue weighted by atomic mass is 10.0. The molecule has 7 heteroatoms. The number of hydrogen-bond donors (Lipinski definition) is 1. The lowest BCUT2D eigenvalue weighted by molar-refractivity contribution is -0.121. The summed E-state index contributed by atoms with van der Waals surface area (Å²) in [5.74, 6) is 0.136. The number of alkyl halides is 2. The molecular weight excluding hydrogens is 378 g/mol. The Morgan fingerprint density at radius 2 is 1.79 bits per heavy atom. The first-order chi connectivity index (χ1) is 13.7. The molecular formula is C22H26F2N2O3. The van der Waals surface area contributed by atoms with Crippen LogP contribution in [0.1, 0.15) is 46.6 Å². The number of aromatic nitrogens is 1. The molecule has 1 aromatic heterocycles. The number of ether oxygens (including phenoxy) is 1. The number of halogens is 2. The van der Waals surface area contributed by atoms with Crippen molar-refractivity contribution in [3.8, 4) is 5.75 Å². The number of hydrogen-bond acceptors (Lipinski definition) is 4. The van der Waals surface area contributed by atoms with E-state index in [2.05, 4.69) is 10.3 Å². The van der Waals surface area contributed by atoms with Crippen molar-refractivity contribution >= 4 is 11.7 Å². The van der Waals surface area contributed by atoms with E-state index in [0.717, 1.165) is 16.7 Å². The van der Waals surface area contributed by atoms with Gasteiger partial charge in [-0.05, 0) is 42.7 Å². The molecule has 0 spiro atoms. The van der Waals surface area contributed by atoms with E-state index in [1.807, 2.05) is 13.8 Å². The Hall–Kier alpha value is -2.83. The van der Waals surface area contributed by atoms with Crippen molar-refractivity contribution in [2.24, 2.45) is 5.92 Å². The Bertz CT molecular complexity index is 859. The molecule has 0 saturated heterocycles. The van der Waals surface area contributed by atoms with Gasteiger partial charge in [-0.15, -0.1) is 0 Å². The zero-order valence-corrected chi connectivity index (χ0v) is 17.1. The Labute approximate surface area is 169 Å². The molecule has 29 heavy (non-hydrogen) atoms. The third-order valence-electron chi connectivity index (χ3n) is 4.40. The van der Waals surface area contributed by atoms with Crippen LogP contribution in [0.2, 0.25) is 0 Å². The number of pyridine rings is 1. The van der Waals surface area contributed by atoms with Crippen molar-refractivity contribution in [2.45, 2.75) is 47.1 Å². The van der Waals surface area contributed by atoms with Gasteiger partial charge in [-0.25, -0.2) is 8.78 Å². The second-order valence-electron chi connectivity index (χ2n) is 7.28. The number of carbonyl (C=O) groups is 2. The van der Waals surface area contributed by atoms with E-state index in [1.54, 1.807) is 38.1 Å². The normalized spacial score (nSPS) is 11.0. The number of amides is 1. The highest BCUT2D eigenvalue weighted by Gasteiger charge is 2.13. The van der Waals surface area contributed by atoms with Crippen molar-refractivity contribution in [3.63, 3.8) is 0 Å². The van der Waals surface area contributed by atoms with E-state index in [1.165, 1.54) is 6.20 Å². The zero-order chi connectivity index (χ0) is 21.6. The maximum atomic E-state index is 12.5. The van der Waals surface area contributed by atoms with E-state index >= 15 is 0 Å². The predicted molar refractivity (Wildman–Crippen MR) is 106 cm³/mol. The number of carbonyl (C=O) groups excluding carboxylic acids is 2. The molecule has 0 aliphatic rings. The zero-order valence-electron chi connectivity index (χ0n) is 17.1. The van der Waals surface area contributed by atoms with Crippen LogP contribution < -0.4 is 10.1 Å². The summed E-state index contributed by atoms with van der Waals surface area (Å²) in [5.41, 5.74) is 3.28. The van der Waals surface area contributed by atoms with E-state index in [4.69, 9.17) is 4.74 Å². The Morgan fingerprint density at radius 1 is 1.14 bits per heavy atom. The maximum absolute atomic E-state index is 12.5. The topological polar surface area (TPSA) is 68.3 Å². The maximum Gasteiger partial charge on any atom is 0.272 e. The van der Waals surface area contributed by atoms with Gasteiger partial charge in [-0.1, -0.05) is 26.0 Å². The van der Waals surface area contributed by atoms with Crippen molar-refractivity contribution in [2.75, 3.05) is 6.61 Å². The first kappa shape index (κ1) is 22.5. The molecule has 1 N–H and O–H groups in total. The largest absolute Gasteiger partial charge is 0.487 e. The summed E-state index contributed by atoms with van der Waals surface area (Å²) in [6.07, 6.45) is -0.827. The van der Waals surface area contributed by atoms with Crippen molar-refractivity contribution < 1.29 is 23.1 Å². The van der Waals surface area contributed by atoms with Crippen LogP contribution >= 0.6 is 0 Å². The summed E-state index contributed by atoms with van der Waals surface area (Å²) >= 11 is 0. The molecule has 1 aromatic carbocycles. The van der Waals surface area contributed by atoms with Crippen LogP contribution in [-0.4, -0.2) is 29.7 Å². The molecule has 1 amide bonds. The predicted octanol–water partition coefficient (Wildman–Crippen LogP) is 4.04. The number of Topliss-reactive ketones (excluding diaryl/α,β-unsaturated/α-hetero) is 1. The van der Waals surface area contributed by atoms with Crippen LogP contribution in [0, 0.1) is 19.8 Å². The average Bonchev–Trinajstić information content (AvgIpc) is 2.65. The standard InChI is InChI=1S/C22H26F2N2O3/c1-13(2)19(27)10-18-9-17(5-6-25-18)22(28)26-11-16-7-14(3)21(15(4)8-16)29-12-20(23)24/h5-9,13,20H,10-12H2,1-4H3,(H,26,28). The molecule has 0 atom stereocenters. The highest BCUT2D eigenvalue weighted by molar-refractivity contribution is 5.94. The second-order valence-corrected chi connectivity index (χ2v) is 7.28. The molecule has 0 bridgehead atoms. The fourth-order valence-corrected chi connectivity index (χ4v) is 2.90. The van der Waals surface area contributed by atoms with Crippen LogP contribution in [-0.2, 0) is 17.8 Å². The van der Waals surface area contributed by atoms with Gasteiger partial charge < -0.3 is 10.1 Å². The minimum absolute atomic E-state index is 0.0650. The summed E-state index contributed by atoms with van der Waals surface area (Å²) in [7, 11) is 0. The molecule has 0 fully saturated rings. The van der Waals surface area contributed by atoms with Gasteiger partial charge in [0, 0.05) is 36.3 Å². The molecule has 0 saturated carbocycles. The van der Waals surface area contributed by atoms with Crippen molar-refractivity contribution in [1.29, 1.82) is 0 Å². The highest BCUT2D eigenvalue weighted by Crippen LogP contribution is 2.25. The fraction of sp³-hybridized carbons (Fsp3) is 0.409. The number of nitrogens with one attached hydrogen (secondary N) is 1.